The smallest absolute Gasteiger partial charge is 0.329 e. The Kier molecular flexibility index (Phi) is 7.81. The number of amides is 1. The van der Waals surface area contributed by atoms with Crippen molar-refractivity contribution in [1.82, 2.24) is 10.3 Å². The molecule has 1 aromatic rings. The number of nitrogens with one attached hydrogen (secondary N) is 1. The van der Waals surface area contributed by atoms with Crippen molar-refractivity contribution >= 4 is 11.9 Å². The van der Waals surface area contributed by atoms with E-state index in [2.05, 4.69) is 10.3 Å². The molecule has 0 saturated carbocycles. The van der Waals surface area contributed by atoms with E-state index in [1.54, 1.807) is 14.0 Å². The van der Waals surface area contributed by atoms with Crippen LogP contribution in [0.1, 0.15) is 36.7 Å². The third-order valence-corrected chi connectivity index (χ3v) is 4.23. The van der Waals surface area contributed by atoms with Crippen LogP contribution in [-0.4, -0.2) is 67.7 Å². The molecule has 3 atom stereocenters. The summed E-state index contributed by atoms with van der Waals surface area (Å²) in [7, 11) is 2.98. The molecule has 9 nitrogen and oxygen atoms in total. The van der Waals surface area contributed by atoms with E-state index in [0.29, 0.717) is 19.4 Å². The maximum Gasteiger partial charge on any atom is 0.329 e. The lowest BCUT2D eigenvalue weighted by molar-refractivity contribution is -0.151. The molecule has 9 heteroatoms. The highest BCUT2D eigenvalue weighted by atomic mass is 16.5. The fraction of sp³-hybridized carbons (Fsp3) is 0.611. The first-order chi connectivity index (χ1) is 13.0. The minimum atomic E-state index is -0.909. The zero-order chi connectivity index (χ0) is 19.8. The number of carbonyl (C=O) groups excluding carboxylic acids is 2. The molecule has 1 aromatic heterocycles. The first kappa shape index (κ1) is 20.9. The maximum atomic E-state index is 12.5. The second-order valence-corrected chi connectivity index (χ2v) is 6.28. The van der Waals surface area contributed by atoms with Gasteiger partial charge in [-0.1, -0.05) is 0 Å². The number of aromatic hydroxyl groups is 1. The number of aromatic nitrogens is 1. The summed E-state index contributed by atoms with van der Waals surface area (Å²) in [5.74, 6) is -1.52. The molecule has 27 heavy (non-hydrogen) atoms. The monoisotopic (exact) mass is 382 g/mol. The van der Waals surface area contributed by atoms with Crippen LogP contribution in [0, 0.1) is 0 Å². The molecular weight excluding hydrogens is 356 g/mol. The van der Waals surface area contributed by atoms with Crippen LogP contribution in [-0.2, 0) is 19.0 Å². The Hall–Kier alpha value is -2.39. The van der Waals surface area contributed by atoms with Gasteiger partial charge in [-0.05, 0) is 13.3 Å². The van der Waals surface area contributed by atoms with Crippen molar-refractivity contribution in [1.29, 1.82) is 0 Å². The maximum absolute atomic E-state index is 12.5. The number of hydrogen-bond acceptors (Lipinski definition) is 8. The Morgan fingerprint density at radius 2 is 2.22 bits per heavy atom. The normalized spacial score (nSPS) is 23.5. The van der Waals surface area contributed by atoms with Gasteiger partial charge in [-0.25, -0.2) is 9.78 Å². The molecule has 2 N–H and O–H groups in total. The summed E-state index contributed by atoms with van der Waals surface area (Å²) in [6, 6.07) is 0.518. The number of hydrogen-bond donors (Lipinski definition) is 2. The van der Waals surface area contributed by atoms with Crippen LogP contribution in [0.3, 0.4) is 0 Å². The summed E-state index contributed by atoms with van der Waals surface area (Å²) in [4.78, 5) is 28.7. The highest BCUT2D eigenvalue weighted by Crippen LogP contribution is 2.27. The highest BCUT2D eigenvalue weighted by molar-refractivity contribution is 5.97. The van der Waals surface area contributed by atoms with Crippen molar-refractivity contribution < 1.29 is 33.6 Å². The van der Waals surface area contributed by atoms with Gasteiger partial charge in [0.05, 0.1) is 13.2 Å². The lowest BCUT2D eigenvalue weighted by Crippen LogP contribution is -2.43. The van der Waals surface area contributed by atoms with Gasteiger partial charge >= 0.3 is 5.97 Å². The largest absolute Gasteiger partial charge is 0.503 e. The lowest BCUT2D eigenvalue weighted by Gasteiger charge is -2.20. The number of ether oxygens (including phenoxy) is 4. The van der Waals surface area contributed by atoms with Crippen LogP contribution >= 0.6 is 0 Å². The van der Waals surface area contributed by atoms with Gasteiger partial charge in [0.15, 0.2) is 17.2 Å². The average Bonchev–Trinajstić information content (AvgIpc) is 2.70. The molecule has 1 saturated heterocycles. The lowest BCUT2D eigenvalue weighted by atomic mass is 10.1. The fourth-order valence-electron chi connectivity index (χ4n) is 2.81. The van der Waals surface area contributed by atoms with Gasteiger partial charge in [0, 0.05) is 45.4 Å². The Balaban J connectivity index is 2.06. The number of carbonyl (C=O) groups is 2. The third-order valence-electron chi connectivity index (χ3n) is 4.23. The van der Waals surface area contributed by atoms with Gasteiger partial charge in [-0.2, -0.15) is 0 Å². The van der Waals surface area contributed by atoms with Crippen molar-refractivity contribution in [3.8, 4) is 11.5 Å². The summed E-state index contributed by atoms with van der Waals surface area (Å²) in [5, 5.41) is 12.6. The third kappa shape index (κ3) is 5.80. The number of esters is 1. The second-order valence-electron chi connectivity index (χ2n) is 6.28. The molecule has 1 aliphatic heterocycles. The van der Waals surface area contributed by atoms with E-state index in [-0.39, 0.29) is 36.7 Å². The molecule has 0 radical (unpaired) electrons. The van der Waals surface area contributed by atoms with E-state index in [0.717, 1.165) is 0 Å². The van der Waals surface area contributed by atoms with E-state index in [1.165, 1.54) is 19.4 Å². The molecule has 1 amide bonds. The second kappa shape index (κ2) is 10.1. The predicted molar refractivity (Wildman–Crippen MR) is 94.7 cm³/mol. The van der Waals surface area contributed by atoms with E-state index in [9.17, 15) is 14.7 Å². The summed E-state index contributed by atoms with van der Waals surface area (Å²) in [6.45, 7) is 2.60. The number of methoxy groups -OCH3 is 2. The molecule has 2 rings (SSSR count). The summed E-state index contributed by atoms with van der Waals surface area (Å²) >= 11 is 0. The topological polar surface area (TPSA) is 116 Å². The van der Waals surface area contributed by atoms with Crippen molar-refractivity contribution in [3.63, 3.8) is 0 Å². The summed E-state index contributed by atoms with van der Waals surface area (Å²) in [6.07, 6.45) is 2.36. The Labute approximate surface area is 158 Å². The first-order valence-corrected chi connectivity index (χ1v) is 8.80. The molecule has 0 spiro atoms. The van der Waals surface area contributed by atoms with E-state index in [1.807, 2.05) is 0 Å². The Morgan fingerprint density at radius 1 is 1.44 bits per heavy atom. The van der Waals surface area contributed by atoms with E-state index >= 15 is 0 Å². The van der Waals surface area contributed by atoms with Gasteiger partial charge in [0.2, 0.25) is 0 Å². The van der Waals surface area contributed by atoms with Crippen molar-refractivity contribution in [2.24, 2.45) is 0 Å². The zero-order valence-electron chi connectivity index (χ0n) is 15.8. The van der Waals surface area contributed by atoms with Gasteiger partial charge in [-0.15, -0.1) is 0 Å². The van der Waals surface area contributed by atoms with Crippen molar-refractivity contribution in [2.75, 3.05) is 27.4 Å². The minimum absolute atomic E-state index is 0.0914. The van der Waals surface area contributed by atoms with Gasteiger partial charge in [0.1, 0.15) is 12.1 Å². The SMILES string of the molecule is COCCC1CC(C)OC(=O)[C@@H](NC(=O)c2nccc(OC)c2O)CCO1. The molecule has 0 aliphatic carbocycles. The van der Waals surface area contributed by atoms with Crippen LogP contribution in [0.5, 0.6) is 11.5 Å². The average molecular weight is 382 g/mol. The van der Waals surface area contributed by atoms with Crippen LogP contribution in [0.4, 0.5) is 0 Å². The molecule has 150 valence electrons. The molecule has 1 aliphatic rings. The number of rotatable bonds is 6. The quantitative estimate of drug-likeness (QED) is 0.701. The number of nitrogens with zero attached hydrogens (tertiary/aromatic N) is 1. The van der Waals surface area contributed by atoms with Gasteiger partial charge in [0.25, 0.3) is 5.91 Å². The summed E-state index contributed by atoms with van der Waals surface area (Å²) < 4.78 is 21.3. The predicted octanol–water partition coefficient (Wildman–Crippen LogP) is 1.04. The Bertz CT molecular complexity index is 653. The molecule has 0 aromatic carbocycles. The molecule has 2 heterocycles. The fourth-order valence-corrected chi connectivity index (χ4v) is 2.81. The van der Waals surface area contributed by atoms with Crippen molar-refractivity contribution in [2.45, 2.75) is 44.4 Å². The van der Waals surface area contributed by atoms with Crippen molar-refractivity contribution in [3.05, 3.63) is 18.0 Å². The first-order valence-electron chi connectivity index (χ1n) is 8.80. The van der Waals surface area contributed by atoms with Crippen LogP contribution in [0.15, 0.2) is 12.3 Å². The molecular formula is C18H26N2O7. The van der Waals surface area contributed by atoms with Gasteiger partial charge in [-0.3, -0.25) is 4.79 Å². The number of cyclic esters (lactones) is 1. The highest BCUT2D eigenvalue weighted by Gasteiger charge is 2.29. The summed E-state index contributed by atoms with van der Waals surface area (Å²) in [5.41, 5.74) is -0.228. The molecule has 0 bridgehead atoms. The molecule has 1 fully saturated rings. The Morgan fingerprint density at radius 3 is 2.93 bits per heavy atom. The van der Waals surface area contributed by atoms with Crippen LogP contribution < -0.4 is 10.1 Å². The zero-order valence-corrected chi connectivity index (χ0v) is 15.8. The standard InChI is InChI=1S/C18H26N2O7/c1-11-10-12(5-8-24-2)26-9-6-13(18(23)27-11)20-17(22)15-16(21)14(25-3)4-7-19-15/h4,7,11-13,21H,5-6,8-10H2,1-3H3,(H,20,22)/t11?,12?,13-/m0/s1. The minimum Gasteiger partial charge on any atom is -0.503 e. The van der Waals surface area contributed by atoms with Gasteiger partial charge < -0.3 is 29.4 Å². The number of pyridine rings is 1. The van der Waals surface area contributed by atoms with E-state index in [4.69, 9.17) is 18.9 Å². The van der Waals surface area contributed by atoms with Crippen LogP contribution in [0.25, 0.3) is 0 Å². The molecule has 2 unspecified atom stereocenters. The van der Waals surface area contributed by atoms with E-state index < -0.39 is 23.7 Å². The van der Waals surface area contributed by atoms with Crippen LogP contribution in [0.2, 0.25) is 0 Å².